The standard InChI is InChI=1S/C7H18N2O/c1-6(10)4-9-5-7(2,3)8/h6,9-10H,4-5,8H2,1-3H3/t6-/m0/s1. The van der Waals surface area contributed by atoms with Crippen LogP contribution in [-0.2, 0) is 0 Å². The second kappa shape index (κ2) is 3.91. The first-order valence-electron chi connectivity index (χ1n) is 3.59. The molecule has 0 aliphatic rings. The molecule has 0 spiro atoms. The Morgan fingerprint density at radius 3 is 2.40 bits per heavy atom. The van der Waals surface area contributed by atoms with Crippen LogP contribution in [0.25, 0.3) is 0 Å². The second-order valence-corrected chi connectivity index (χ2v) is 3.47. The first kappa shape index (κ1) is 9.88. The summed E-state index contributed by atoms with van der Waals surface area (Å²) in [6.07, 6.45) is -0.289. The predicted octanol–water partition coefficient (Wildman–Crippen LogP) is -0.306. The molecule has 0 aromatic heterocycles. The lowest BCUT2D eigenvalue weighted by molar-refractivity contribution is 0.189. The number of aliphatic hydroxyl groups is 1. The lowest BCUT2D eigenvalue weighted by atomic mass is 10.1. The summed E-state index contributed by atoms with van der Waals surface area (Å²) in [5.41, 5.74) is 5.49. The fraction of sp³-hybridized carbons (Fsp3) is 1.00. The Hall–Kier alpha value is -0.120. The zero-order valence-corrected chi connectivity index (χ0v) is 7.02. The first-order valence-corrected chi connectivity index (χ1v) is 3.59. The number of rotatable bonds is 4. The van der Waals surface area contributed by atoms with E-state index in [1.807, 2.05) is 13.8 Å². The fourth-order valence-corrected chi connectivity index (χ4v) is 0.603. The van der Waals surface area contributed by atoms with Gasteiger partial charge in [-0.2, -0.15) is 0 Å². The highest BCUT2D eigenvalue weighted by atomic mass is 16.3. The predicted molar refractivity (Wildman–Crippen MR) is 42.8 cm³/mol. The molecule has 10 heavy (non-hydrogen) atoms. The summed E-state index contributed by atoms with van der Waals surface area (Å²) in [4.78, 5) is 0. The third-order valence-corrected chi connectivity index (χ3v) is 1.02. The van der Waals surface area contributed by atoms with Crippen LogP contribution in [0.5, 0.6) is 0 Å². The Balaban J connectivity index is 3.21. The van der Waals surface area contributed by atoms with Crippen molar-refractivity contribution in [3.05, 3.63) is 0 Å². The zero-order chi connectivity index (χ0) is 8.20. The molecule has 3 nitrogen and oxygen atoms in total. The molecule has 0 fully saturated rings. The van der Waals surface area contributed by atoms with Crippen molar-refractivity contribution in [1.82, 2.24) is 5.32 Å². The average molecular weight is 146 g/mol. The summed E-state index contributed by atoms with van der Waals surface area (Å²) < 4.78 is 0. The number of nitrogens with two attached hydrogens (primary N) is 1. The molecule has 1 atom stereocenters. The molecule has 0 aromatic carbocycles. The number of aliphatic hydroxyl groups excluding tert-OH is 1. The number of hydrogen-bond acceptors (Lipinski definition) is 3. The van der Waals surface area contributed by atoms with E-state index in [2.05, 4.69) is 5.32 Å². The Morgan fingerprint density at radius 2 is 2.10 bits per heavy atom. The van der Waals surface area contributed by atoms with Crippen LogP contribution < -0.4 is 11.1 Å². The molecule has 0 bridgehead atoms. The van der Waals surface area contributed by atoms with Gasteiger partial charge in [0.1, 0.15) is 0 Å². The largest absolute Gasteiger partial charge is 0.392 e. The molecule has 0 heterocycles. The molecule has 3 heteroatoms. The molecular formula is C7H18N2O. The van der Waals surface area contributed by atoms with E-state index in [-0.39, 0.29) is 11.6 Å². The third kappa shape index (κ3) is 7.88. The maximum absolute atomic E-state index is 8.85. The van der Waals surface area contributed by atoms with Crippen LogP contribution >= 0.6 is 0 Å². The van der Waals surface area contributed by atoms with Crippen molar-refractivity contribution in [2.24, 2.45) is 5.73 Å². The van der Waals surface area contributed by atoms with Crippen molar-refractivity contribution in [1.29, 1.82) is 0 Å². The minimum atomic E-state index is -0.289. The first-order chi connectivity index (χ1) is 4.42. The van der Waals surface area contributed by atoms with Crippen LogP contribution in [0.4, 0.5) is 0 Å². The molecule has 0 saturated carbocycles. The second-order valence-electron chi connectivity index (χ2n) is 3.47. The molecule has 0 radical (unpaired) electrons. The number of hydrogen-bond donors (Lipinski definition) is 3. The molecule has 62 valence electrons. The van der Waals surface area contributed by atoms with Gasteiger partial charge in [0.05, 0.1) is 6.10 Å². The highest BCUT2D eigenvalue weighted by Crippen LogP contribution is 1.92. The van der Waals surface area contributed by atoms with Crippen LogP contribution in [-0.4, -0.2) is 29.8 Å². The van der Waals surface area contributed by atoms with Gasteiger partial charge in [-0.05, 0) is 20.8 Å². The summed E-state index contributed by atoms with van der Waals surface area (Å²) in [5.74, 6) is 0. The van der Waals surface area contributed by atoms with Crippen LogP contribution in [0.1, 0.15) is 20.8 Å². The van der Waals surface area contributed by atoms with Crippen molar-refractivity contribution in [3.63, 3.8) is 0 Å². The molecule has 0 aromatic rings. The zero-order valence-electron chi connectivity index (χ0n) is 7.02. The van der Waals surface area contributed by atoms with Gasteiger partial charge in [0.2, 0.25) is 0 Å². The van der Waals surface area contributed by atoms with Crippen LogP contribution in [0, 0.1) is 0 Å². The van der Waals surface area contributed by atoms with E-state index in [1.165, 1.54) is 0 Å². The monoisotopic (exact) mass is 146 g/mol. The van der Waals surface area contributed by atoms with E-state index >= 15 is 0 Å². The van der Waals surface area contributed by atoms with Gasteiger partial charge in [-0.25, -0.2) is 0 Å². The minimum absolute atomic E-state index is 0.186. The van der Waals surface area contributed by atoms with E-state index < -0.39 is 0 Å². The summed E-state index contributed by atoms with van der Waals surface area (Å²) in [5, 5.41) is 11.9. The molecule has 0 rings (SSSR count). The molecule has 0 aliphatic heterocycles. The van der Waals surface area contributed by atoms with Gasteiger partial charge in [-0.1, -0.05) is 0 Å². The SMILES string of the molecule is C[C@H](O)CNCC(C)(C)N. The molecule has 4 N–H and O–H groups in total. The molecular weight excluding hydrogens is 128 g/mol. The quantitative estimate of drug-likeness (QED) is 0.510. The molecule has 0 amide bonds. The van der Waals surface area contributed by atoms with Crippen molar-refractivity contribution >= 4 is 0 Å². The van der Waals surface area contributed by atoms with Gasteiger partial charge < -0.3 is 16.2 Å². The van der Waals surface area contributed by atoms with Gasteiger partial charge in [0, 0.05) is 18.6 Å². The summed E-state index contributed by atoms with van der Waals surface area (Å²) in [7, 11) is 0. The highest BCUT2D eigenvalue weighted by Gasteiger charge is 2.09. The normalized spacial score (nSPS) is 15.3. The smallest absolute Gasteiger partial charge is 0.0636 e. The van der Waals surface area contributed by atoms with E-state index in [9.17, 15) is 0 Å². The number of nitrogens with one attached hydrogen (secondary N) is 1. The van der Waals surface area contributed by atoms with E-state index in [4.69, 9.17) is 10.8 Å². The van der Waals surface area contributed by atoms with Crippen LogP contribution in [0.15, 0.2) is 0 Å². The minimum Gasteiger partial charge on any atom is -0.392 e. The van der Waals surface area contributed by atoms with Gasteiger partial charge >= 0.3 is 0 Å². The lowest BCUT2D eigenvalue weighted by Crippen LogP contribution is -2.44. The van der Waals surface area contributed by atoms with E-state index in [0.717, 1.165) is 6.54 Å². The Morgan fingerprint density at radius 1 is 1.60 bits per heavy atom. The molecule has 0 aliphatic carbocycles. The molecule has 0 unspecified atom stereocenters. The Kier molecular flexibility index (Phi) is 3.86. The van der Waals surface area contributed by atoms with Gasteiger partial charge in [0.25, 0.3) is 0 Å². The third-order valence-electron chi connectivity index (χ3n) is 1.02. The van der Waals surface area contributed by atoms with Gasteiger partial charge in [-0.15, -0.1) is 0 Å². The Bertz CT molecular complexity index is 86.1. The summed E-state index contributed by atoms with van der Waals surface area (Å²) >= 11 is 0. The maximum Gasteiger partial charge on any atom is 0.0636 e. The maximum atomic E-state index is 8.85. The van der Waals surface area contributed by atoms with E-state index in [0.29, 0.717) is 6.54 Å². The lowest BCUT2D eigenvalue weighted by Gasteiger charge is -2.19. The van der Waals surface area contributed by atoms with Crippen molar-refractivity contribution in [3.8, 4) is 0 Å². The Labute approximate surface area is 62.6 Å². The van der Waals surface area contributed by atoms with Crippen LogP contribution in [0.2, 0.25) is 0 Å². The fourth-order valence-electron chi connectivity index (χ4n) is 0.603. The summed E-state index contributed by atoms with van der Waals surface area (Å²) in [6.45, 7) is 6.99. The summed E-state index contributed by atoms with van der Waals surface area (Å²) in [6, 6.07) is 0. The van der Waals surface area contributed by atoms with Gasteiger partial charge in [0.15, 0.2) is 0 Å². The van der Waals surface area contributed by atoms with Crippen molar-refractivity contribution < 1.29 is 5.11 Å². The van der Waals surface area contributed by atoms with Crippen molar-refractivity contribution in [2.75, 3.05) is 13.1 Å². The molecule has 0 saturated heterocycles. The average Bonchev–Trinajstić information content (AvgIpc) is 1.59. The van der Waals surface area contributed by atoms with Crippen LogP contribution in [0.3, 0.4) is 0 Å². The van der Waals surface area contributed by atoms with Gasteiger partial charge in [-0.3, -0.25) is 0 Å². The van der Waals surface area contributed by atoms with E-state index in [1.54, 1.807) is 6.92 Å². The topological polar surface area (TPSA) is 58.3 Å². The van der Waals surface area contributed by atoms with Crippen molar-refractivity contribution in [2.45, 2.75) is 32.4 Å². The highest BCUT2D eigenvalue weighted by molar-refractivity contribution is 4.74.